The molecule has 1 aromatic carbocycles. The van der Waals surface area contributed by atoms with Crippen LogP contribution >= 0.6 is 0 Å². The van der Waals surface area contributed by atoms with Crippen LogP contribution in [-0.2, 0) is 0 Å². The Labute approximate surface area is 140 Å². The lowest BCUT2D eigenvalue weighted by atomic mass is 10.1. The Bertz CT molecular complexity index is 812. The Hall–Kier alpha value is -2.70. The van der Waals surface area contributed by atoms with Crippen molar-refractivity contribution in [3.8, 4) is 0 Å². The Morgan fingerprint density at radius 1 is 1.00 bits per heavy atom. The molecule has 3 aromatic rings. The number of benzene rings is 1. The highest BCUT2D eigenvalue weighted by Gasteiger charge is 2.24. The largest absolute Gasteiger partial charge is 0.353 e. The van der Waals surface area contributed by atoms with Crippen molar-refractivity contribution in [2.24, 2.45) is 0 Å². The SMILES string of the molecule is CCN(c1ccccc1)c1nc2nonc2nc1N1CCCCC1. The smallest absolute Gasteiger partial charge is 0.245 e. The van der Waals surface area contributed by atoms with Crippen LogP contribution in [0.1, 0.15) is 26.2 Å². The maximum absolute atomic E-state index is 4.82. The van der Waals surface area contributed by atoms with Gasteiger partial charge in [-0.2, -0.15) is 0 Å². The summed E-state index contributed by atoms with van der Waals surface area (Å²) in [6, 6.07) is 10.2. The molecule has 3 heterocycles. The standard InChI is InChI=1S/C17H20N6O/c1-2-23(13-9-5-3-6-10-13)17-16(22-11-7-4-8-12-22)18-14-15(19-17)21-24-20-14/h3,5-6,9-10H,2,4,7-8,11-12H2,1H3. The topological polar surface area (TPSA) is 71.2 Å². The molecule has 1 saturated heterocycles. The number of aromatic nitrogens is 4. The van der Waals surface area contributed by atoms with Crippen LogP contribution in [0.2, 0.25) is 0 Å². The summed E-state index contributed by atoms with van der Waals surface area (Å²) in [6.07, 6.45) is 3.62. The lowest BCUT2D eigenvalue weighted by molar-refractivity contribution is 0.314. The average Bonchev–Trinajstić information content (AvgIpc) is 3.11. The fourth-order valence-corrected chi connectivity index (χ4v) is 3.18. The van der Waals surface area contributed by atoms with Gasteiger partial charge < -0.3 is 9.80 Å². The molecule has 0 saturated carbocycles. The van der Waals surface area contributed by atoms with E-state index in [-0.39, 0.29) is 0 Å². The van der Waals surface area contributed by atoms with Gasteiger partial charge in [0.2, 0.25) is 11.3 Å². The molecular formula is C17H20N6O. The van der Waals surface area contributed by atoms with E-state index in [2.05, 4.69) is 39.2 Å². The first-order valence-electron chi connectivity index (χ1n) is 8.44. The minimum absolute atomic E-state index is 0.445. The summed E-state index contributed by atoms with van der Waals surface area (Å²) in [5.41, 5.74) is 1.99. The van der Waals surface area contributed by atoms with E-state index in [0.29, 0.717) is 11.3 Å². The van der Waals surface area contributed by atoms with Crippen molar-refractivity contribution in [1.29, 1.82) is 0 Å². The first kappa shape index (κ1) is 14.9. The molecule has 0 unspecified atom stereocenters. The summed E-state index contributed by atoms with van der Waals surface area (Å²) >= 11 is 0. The monoisotopic (exact) mass is 324 g/mol. The number of fused-ring (bicyclic) bond motifs is 1. The van der Waals surface area contributed by atoms with E-state index in [1.807, 2.05) is 18.2 Å². The molecule has 0 bridgehead atoms. The molecule has 124 valence electrons. The van der Waals surface area contributed by atoms with Crippen molar-refractivity contribution in [2.75, 3.05) is 29.4 Å². The van der Waals surface area contributed by atoms with Gasteiger partial charge in [0.1, 0.15) is 0 Å². The molecular weight excluding hydrogens is 304 g/mol. The van der Waals surface area contributed by atoms with Crippen LogP contribution in [0.4, 0.5) is 17.3 Å². The van der Waals surface area contributed by atoms with Crippen molar-refractivity contribution in [3.05, 3.63) is 30.3 Å². The quantitative estimate of drug-likeness (QED) is 0.730. The molecule has 0 aliphatic carbocycles. The van der Waals surface area contributed by atoms with Gasteiger partial charge >= 0.3 is 0 Å². The van der Waals surface area contributed by atoms with Crippen LogP contribution < -0.4 is 9.80 Å². The van der Waals surface area contributed by atoms with Gasteiger partial charge in [0.15, 0.2) is 11.6 Å². The predicted molar refractivity (Wildman–Crippen MR) is 92.6 cm³/mol. The van der Waals surface area contributed by atoms with Crippen LogP contribution in [0.15, 0.2) is 35.0 Å². The molecule has 2 aromatic heterocycles. The number of nitrogens with zero attached hydrogens (tertiary/aromatic N) is 6. The minimum atomic E-state index is 0.445. The summed E-state index contributed by atoms with van der Waals surface area (Å²) in [5.74, 6) is 1.68. The van der Waals surface area contributed by atoms with Crippen LogP contribution in [0.5, 0.6) is 0 Å². The van der Waals surface area contributed by atoms with Gasteiger partial charge in [-0.1, -0.05) is 18.2 Å². The third-order valence-electron chi connectivity index (χ3n) is 4.37. The highest BCUT2D eigenvalue weighted by molar-refractivity contribution is 5.78. The fraction of sp³-hybridized carbons (Fsp3) is 0.412. The summed E-state index contributed by atoms with van der Waals surface area (Å²) in [6.45, 7) is 4.88. The van der Waals surface area contributed by atoms with Gasteiger partial charge in [-0.05, 0) is 48.6 Å². The summed E-state index contributed by atoms with van der Waals surface area (Å²) in [4.78, 5) is 13.9. The maximum atomic E-state index is 4.82. The lowest BCUT2D eigenvalue weighted by Gasteiger charge is -2.32. The Balaban J connectivity index is 1.84. The zero-order valence-corrected chi connectivity index (χ0v) is 13.7. The Kier molecular flexibility index (Phi) is 3.98. The number of para-hydroxylation sites is 1. The molecule has 4 rings (SSSR count). The van der Waals surface area contributed by atoms with Gasteiger partial charge in [0.05, 0.1) is 0 Å². The Morgan fingerprint density at radius 3 is 2.42 bits per heavy atom. The Morgan fingerprint density at radius 2 is 1.71 bits per heavy atom. The fourth-order valence-electron chi connectivity index (χ4n) is 3.18. The van der Waals surface area contributed by atoms with Gasteiger partial charge in [0.25, 0.3) is 0 Å². The molecule has 0 N–H and O–H groups in total. The van der Waals surface area contributed by atoms with Crippen LogP contribution in [0.3, 0.4) is 0 Å². The molecule has 1 aliphatic rings. The lowest BCUT2D eigenvalue weighted by Crippen LogP contribution is -2.32. The first-order chi connectivity index (χ1) is 11.9. The van der Waals surface area contributed by atoms with E-state index in [0.717, 1.165) is 37.0 Å². The van der Waals surface area contributed by atoms with Gasteiger partial charge in [-0.3, -0.25) is 0 Å². The molecule has 1 fully saturated rings. The minimum Gasteiger partial charge on any atom is -0.353 e. The predicted octanol–water partition coefficient (Wildman–Crippen LogP) is 3.16. The second-order valence-corrected chi connectivity index (χ2v) is 5.91. The van der Waals surface area contributed by atoms with E-state index < -0.39 is 0 Å². The number of anilines is 3. The molecule has 0 spiro atoms. The average molecular weight is 324 g/mol. The van der Waals surface area contributed by atoms with E-state index in [4.69, 9.17) is 14.6 Å². The van der Waals surface area contributed by atoms with Crippen LogP contribution in [0, 0.1) is 0 Å². The molecule has 0 atom stereocenters. The summed E-state index contributed by atoms with van der Waals surface area (Å²) in [7, 11) is 0. The third-order valence-corrected chi connectivity index (χ3v) is 4.37. The van der Waals surface area contributed by atoms with E-state index in [1.165, 1.54) is 19.3 Å². The van der Waals surface area contributed by atoms with E-state index in [1.54, 1.807) is 0 Å². The number of rotatable bonds is 4. The highest BCUT2D eigenvalue weighted by Crippen LogP contribution is 2.33. The molecule has 7 heteroatoms. The zero-order valence-electron chi connectivity index (χ0n) is 13.7. The van der Waals surface area contributed by atoms with Gasteiger partial charge in [0, 0.05) is 25.3 Å². The van der Waals surface area contributed by atoms with Gasteiger partial charge in [-0.25, -0.2) is 14.6 Å². The highest BCUT2D eigenvalue weighted by atomic mass is 16.6. The van der Waals surface area contributed by atoms with Gasteiger partial charge in [-0.15, -0.1) is 0 Å². The molecule has 0 amide bonds. The van der Waals surface area contributed by atoms with Crippen molar-refractivity contribution < 1.29 is 4.63 Å². The third kappa shape index (κ3) is 2.66. The number of hydrogen-bond acceptors (Lipinski definition) is 7. The summed E-state index contributed by atoms with van der Waals surface area (Å²) < 4.78 is 4.82. The number of hydrogen-bond donors (Lipinski definition) is 0. The summed E-state index contributed by atoms with van der Waals surface area (Å²) in [5, 5.41) is 7.74. The van der Waals surface area contributed by atoms with E-state index >= 15 is 0 Å². The second-order valence-electron chi connectivity index (χ2n) is 5.91. The van der Waals surface area contributed by atoms with Crippen LogP contribution in [-0.4, -0.2) is 39.9 Å². The van der Waals surface area contributed by atoms with Crippen molar-refractivity contribution in [2.45, 2.75) is 26.2 Å². The maximum Gasteiger partial charge on any atom is 0.245 e. The van der Waals surface area contributed by atoms with E-state index in [9.17, 15) is 0 Å². The van der Waals surface area contributed by atoms with Crippen LogP contribution in [0.25, 0.3) is 11.3 Å². The molecule has 24 heavy (non-hydrogen) atoms. The van der Waals surface area contributed by atoms with Crippen molar-refractivity contribution in [1.82, 2.24) is 20.3 Å². The molecule has 1 aliphatic heterocycles. The second kappa shape index (κ2) is 6.43. The van der Waals surface area contributed by atoms with Crippen molar-refractivity contribution >= 4 is 28.6 Å². The zero-order chi connectivity index (χ0) is 16.4. The normalized spacial score (nSPS) is 15.0. The number of piperidine rings is 1. The molecule has 0 radical (unpaired) electrons. The van der Waals surface area contributed by atoms with Crippen molar-refractivity contribution in [3.63, 3.8) is 0 Å². The first-order valence-corrected chi connectivity index (χ1v) is 8.44. The molecule has 7 nitrogen and oxygen atoms in total.